The normalized spacial score (nSPS) is 17.2. The third-order valence-electron chi connectivity index (χ3n) is 3.96. The summed E-state index contributed by atoms with van der Waals surface area (Å²) in [6.45, 7) is 3.28. The van der Waals surface area contributed by atoms with E-state index in [0.29, 0.717) is 30.1 Å². The van der Waals surface area contributed by atoms with Crippen molar-refractivity contribution in [1.82, 2.24) is 19.5 Å². The van der Waals surface area contributed by atoms with Crippen molar-refractivity contribution in [1.29, 1.82) is 0 Å². The van der Waals surface area contributed by atoms with Crippen LogP contribution in [0, 0.1) is 13.0 Å². The van der Waals surface area contributed by atoms with E-state index in [-0.39, 0.29) is 6.23 Å². The van der Waals surface area contributed by atoms with Crippen molar-refractivity contribution >= 4 is 17.0 Å². The van der Waals surface area contributed by atoms with E-state index in [1.165, 1.54) is 5.56 Å². The number of imidazole rings is 1. The van der Waals surface area contributed by atoms with Crippen LogP contribution in [0.25, 0.3) is 11.2 Å². The van der Waals surface area contributed by atoms with E-state index in [4.69, 9.17) is 4.74 Å². The summed E-state index contributed by atoms with van der Waals surface area (Å²) >= 11 is 0. The average Bonchev–Trinajstić information content (AvgIpc) is 2.88. The van der Waals surface area contributed by atoms with Gasteiger partial charge in [0.2, 0.25) is 0 Å². The monoisotopic (exact) mass is 313 g/mol. The molecule has 1 fully saturated rings. The van der Waals surface area contributed by atoms with E-state index in [9.17, 15) is 4.39 Å². The van der Waals surface area contributed by atoms with Crippen molar-refractivity contribution in [3.8, 4) is 0 Å². The zero-order valence-corrected chi connectivity index (χ0v) is 12.7. The minimum absolute atomic E-state index is 0.112. The molecule has 0 amide bonds. The molecule has 0 spiro atoms. The van der Waals surface area contributed by atoms with Crippen LogP contribution in [0.3, 0.4) is 0 Å². The molecule has 6 nitrogen and oxygen atoms in total. The standard InChI is InChI=1S/C16H16FN5O/c1-10-2-4-11(5-3-10)8-18-14-13-15(21-16(17)20-14)22(9-19-13)12-6-7-23-12/h2-5,9,12H,6-8H2,1H3,(H,18,20,21). The minimum Gasteiger partial charge on any atom is -0.364 e. The summed E-state index contributed by atoms with van der Waals surface area (Å²) in [5, 5.41) is 3.14. The first-order valence-electron chi connectivity index (χ1n) is 7.52. The maximum absolute atomic E-state index is 13.8. The zero-order chi connectivity index (χ0) is 15.8. The molecule has 1 N–H and O–H groups in total. The summed E-state index contributed by atoms with van der Waals surface area (Å²) in [6.07, 6.45) is 1.62. The Morgan fingerprint density at radius 2 is 2.09 bits per heavy atom. The molecule has 1 unspecified atom stereocenters. The van der Waals surface area contributed by atoms with E-state index in [0.717, 1.165) is 12.0 Å². The Labute approximate surface area is 132 Å². The Bertz CT molecular complexity index is 842. The number of aryl methyl sites for hydroxylation is 1. The third-order valence-corrected chi connectivity index (χ3v) is 3.96. The van der Waals surface area contributed by atoms with Crippen LogP contribution in [-0.2, 0) is 11.3 Å². The Kier molecular flexibility index (Phi) is 3.42. The summed E-state index contributed by atoms with van der Waals surface area (Å²) in [5.74, 6) is 0.395. The van der Waals surface area contributed by atoms with Gasteiger partial charge in [0.1, 0.15) is 6.23 Å². The van der Waals surface area contributed by atoms with Gasteiger partial charge in [0, 0.05) is 13.0 Å². The molecule has 1 saturated heterocycles. The molecule has 3 heterocycles. The van der Waals surface area contributed by atoms with E-state index >= 15 is 0 Å². The van der Waals surface area contributed by atoms with Crippen LogP contribution < -0.4 is 5.32 Å². The van der Waals surface area contributed by atoms with Gasteiger partial charge in [-0.3, -0.25) is 4.57 Å². The van der Waals surface area contributed by atoms with Crippen molar-refractivity contribution in [2.75, 3.05) is 11.9 Å². The average molecular weight is 313 g/mol. The van der Waals surface area contributed by atoms with E-state index in [1.54, 1.807) is 10.9 Å². The Morgan fingerprint density at radius 1 is 1.30 bits per heavy atom. The number of aromatic nitrogens is 4. The fraction of sp³-hybridized carbons (Fsp3) is 0.312. The molecule has 7 heteroatoms. The molecule has 1 aliphatic rings. The lowest BCUT2D eigenvalue weighted by Gasteiger charge is -2.27. The molecule has 0 bridgehead atoms. The molecule has 23 heavy (non-hydrogen) atoms. The molecule has 1 aromatic carbocycles. The van der Waals surface area contributed by atoms with Gasteiger partial charge >= 0.3 is 6.08 Å². The second-order valence-electron chi connectivity index (χ2n) is 5.62. The Hall–Kier alpha value is -2.54. The van der Waals surface area contributed by atoms with E-state index in [2.05, 4.69) is 20.3 Å². The molecule has 0 aliphatic carbocycles. The SMILES string of the molecule is Cc1ccc(CNc2nc(F)nc3c2ncn3C2CCO2)cc1. The third kappa shape index (κ3) is 2.63. The fourth-order valence-corrected chi connectivity index (χ4v) is 2.56. The number of hydrogen-bond donors (Lipinski definition) is 1. The first kappa shape index (κ1) is 14.1. The highest BCUT2D eigenvalue weighted by molar-refractivity contribution is 5.82. The second kappa shape index (κ2) is 5.58. The smallest absolute Gasteiger partial charge is 0.312 e. The van der Waals surface area contributed by atoms with Crippen LogP contribution in [0.1, 0.15) is 23.8 Å². The summed E-state index contributed by atoms with van der Waals surface area (Å²) < 4.78 is 20.9. The molecule has 1 atom stereocenters. The molecule has 4 rings (SSSR count). The molecule has 118 valence electrons. The lowest BCUT2D eigenvalue weighted by atomic mass is 10.1. The number of benzene rings is 1. The van der Waals surface area contributed by atoms with Gasteiger partial charge in [-0.2, -0.15) is 14.4 Å². The van der Waals surface area contributed by atoms with Gasteiger partial charge in [-0.25, -0.2) is 4.98 Å². The van der Waals surface area contributed by atoms with Gasteiger partial charge in [0.15, 0.2) is 17.0 Å². The number of fused-ring (bicyclic) bond motifs is 1. The number of rotatable bonds is 4. The number of hydrogen-bond acceptors (Lipinski definition) is 5. The zero-order valence-electron chi connectivity index (χ0n) is 12.7. The van der Waals surface area contributed by atoms with Gasteiger partial charge in [-0.15, -0.1) is 0 Å². The van der Waals surface area contributed by atoms with Gasteiger partial charge < -0.3 is 10.1 Å². The quantitative estimate of drug-likeness (QED) is 0.750. The van der Waals surface area contributed by atoms with Crippen LogP contribution in [0.4, 0.5) is 10.2 Å². The molecule has 0 saturated carbocycles. The first-order chi connectivity index (χ1) is 11.2. The molecule has 1 aliphatic heterocycles. The topological polar surface area (TPSA) is 64.9 Å². The van der Waals surface area contributed by atoms with Crippen LogP contribution in [-0.4, -0.2) is 26.1 Å². The minimum atomic E-state index is -0.773. The second-order valence-corrected chi connectivity index (χ2v) is 5.62. The molecule has 2 aromatic heterocycles. The number of ether oxygens (including phenoxy) is 1. The number of anilines is 1. The maximum atomic E-state index is 13.8. The van der Waals surface area contributed by atoms with Crippen LogP contribution in [0.15, 0.2) is 30.6 Å². The van der Waals surface area contributed by atoms with Crippen molar-refractivity contribution in [3.63, 3.8) is 0 Å². The number of halogens is 1. The highest BCUT2D eigenvalue weighted by Crippen LogP contribution is 2.28. The summed E-state index contributed by atoms with van der Waals surface area (Å²) in [4.78, 5) is 12.0. The predicted octanol–water partition coefficient (Wildman–Crippen LogP) is 2.80. The number of nitrogens with one attached hydrogen (secondary N) is 1. The highest BCUT2D eigenvalue weighted by Gasteiger charge is 2.24. The lowest BCUT2D eigenvalue weighted by molar-refractivity contribution is -0.0974. The van der Waals surface area contributed by atoms with Crippen LogP contribution >= 0.6 is 0 Å². The largest absolute Gasteiger partial charge is 0.364 e. The predicted molar refractivity (Wildman–Crippen MR) is 83.4 cm³/mol. The van der Waals surface area contributed by atoms with Gasteiger partial charge in [-0.05, 0) is 12.5 Å². The lowest BCUT2D eigenvalue weighted by Crippen LogP contribution is -2.24. The fourth-order valence-electron chi connectivity index (χ4n) is 2.56. The van der Waals surface area contributed by atoms with Crippen molar-refractivity contribution in [2.45, 2.75) is 26.1 Å². The molecular weight excluding hydrogens is 297 g/mol. The Balaban J connectivity index is 1.63. The summed E-state index contributed by atoms with van der Waals surface area (Å²) in [7, 11) is 0. The van der Waals surface area contributed by atoms with Crippen LogP contribution in [0.2, 0.25) is 0 Å². The van der Waals surface area contributed by atoms with Gasteiger partial charge in [0.05, 0.1) is 12.9 Å². The molecule has 3 aromatic rings. The number of nitrogens with zero attached hydrogens (tertiary/aromatic N) is 4. The molecule has 0 radical (unpaired) electrons. The Morgan fingerprint density at radius 3 is 2.78 bits per heavy atom. The summed E-state index contributed by atoms with van der Waals surface area (Å²) in [6, 6.07) is 8.13. The van der Waals surface area contributed by atoms with Crippen molar-refractivity contribution < 1.29 is 9.13 Å². The summed E-state index contributed by atoms with van der Waals surface area (Å²) in [5.41, 5.74) is 3.29. The van der Waals surface area contributed by atoms with E-state index in [1.807, 2.05) is 31.2 Å². The van der Waals surface area contributed by atoms with Gasteiger partial charge in [0.25, 0.3) is 0 Å². The van der Waals surface area contributed by atoms with Crippen molar-refractivity contribution in [2.24, 2.45) is 0 Å². The van der Waals surface area contributed by atoms with Gasteiger partial charge in [-0.1, -0.05) is 29.8 Å². The van der Waals surface area contributed by atoms with E-state index < -0.39 is 6.08 Å². The van der Waals surface area contributed by atoms with Crippen molar-refractivity contribution in [3.05, 3.63) is 47.8 Å². The maximum Gasteiger partial charge on any atom is 0.312 e. The molecular formula is C16H16FN5O. The van der Waals surface area contributed by atoms with Crippen LogP contribution in [0.5, 0.6) is 0 Å². The first-order valence-corrected chi connectivity index (χ1v) is 7.52. The highest BCUT2D eigenvalue weighted by atomic mass is 19.1.